The number of carbonyl (C=O) groups is 1. The van der Waals surface area contributed by atoms with Gasteiger partial charge in [0, 0.05) is 6.04 Å². The van der Waals surface area contributed by atoms with Gasteiger partial charge in [0.05, 0.1) is 0 Å². The Hall–Kier alpha value is -0.570. The van der Waals surface area contributed by atoms with Gasteiger partial charge in [-0.3, -0.25) is 4.79 Å². The second-order valence-corrected chi connectivity index (χ2v) is 7.01. The molecule has 0 unspecified atom stereocenters. The van der Waals surface area contributed by atoms with Crippen LogP contribution in [-0.4, -0.2) is 23.7 Å². The highest BCUT2D eigenvalue weighted by atomic mass is 16.6. The number of esters is 1. The van der Waals surface area contributed by atoms with Crippen LogP contribution < -0.4 is 5.32 Å². The highest BCUT2D eigenvalue weighted by Crippen LogP contribution is 2.53. The molecule has 0 heterocycles. The normalized spacial score (nSPS) is 26.2. The summed E-state index contributed by atoms with van der Waals surface area (Å²) in [7, 11) is 0. The summed E-state index contributed by atoms with van der Waals surface area (Å²) in [6.07, 6.45) is 1.24. The lowest BCUT2D eigenvalue weighted by Crippen LogP contribution is -2.44. The summed E-state index contributed by atoms with van der Waals surface area (Å²) in [6.45, 7) is 14.3. The minimum absolute atomic E-state index is 0.164. The second kappa shape index (κ2) is 4.60. The van der Waals surface area contributed by atoms with Crippen molar-refractivity contribution in [3.63, 3.8) is 0 Å². The maximum absolute atomic E-state index is 11.8. The molecule has 100 valence electrons. The van der Waals surface area contributed by atoms with Crippen molar-refractivity contribution in [2.75, 3.05) is 0 Å². The molecule has 1 rings (SSSR count). The molecule has 17 heavy (non-hydrogen) atoms. The fourth-order valence-corrected chi connectivity index (χ4v) is 2.33. The van der Waals surface area contributed by atoms with E-state index in [0.717, 1.165) is 0 Å². The van der Waals surface area contributed by atoms with Gasteiger partial charge in [-0.2, -0.15) is 0 Å². The number of carbonyl (C=O) groups excluding carboxylic acids is 1. The van der Waals surface area contributed by atoms with E-state index in [1.54, 1.807) is 0 Å². The summed E-state index contributed by atoms with van der Waals surface area (Å²) in [6, 6.07) is 0.133. The predicted octanol–water partition coefficient (Wildman–Crippen LogP) is 2.74. The average Bonchev–Trinajstić information content (AvgIpc) is 2.72. The Morgan fingerprint density at radius 2 is 1.82 bits per heavy atom. The molecule has 0 saturated heterocycles. The molecular weight excluding hydrogens is 214 g/mol. The molecule has 0 aliphatic heterocycles. The molecule has 1 saturated carbocycles. The Morgan fingerprint density at radius 3 is 2.18 bits per heavy atom. The van der Waals surface area contributed by atoms with Crippen LogP contribution in [-0.2, 0) is 9.53 Å². The molecule has 1 fully saturated rings. The maximum atomic E-state index is 11.8. The number of ether oxygens (including phenoxy) is 1. The molecule has 0 aromatic heterocycles. The smallest absolute Gasteiger partial charge is 0.323 e. The van der Waals surface area contributed by atoms with Crippen LogP contribution in [0.15, 0.2) is 0 Å². The fourth-order valence-electron chi connectivity index (χ4n) is 2.33. The molecule has 1 aliphatic rings. The van der Waals surface area contributed by atoms with Crippen LogP contribution in [0, 0.1) is 11.3 Å². The summed E-state index contributed by atoms with van der Waals surface area (Å²) < 4.78 is 5.35. The largest absolute Gasteiger partial charge is 0.459 e. The van der Waals surface area contributed by atoms with Crippen LogP contribution in [0.3, 0.4) is 0 Å². The lowest BCUT2D eigenvalue weighted by atomic mass is 10.0. The minimum atomic E-state index is -0.408. The third-order valence-corrected chi connectivity index (χ3v) is 3.47. The minimum Gasteiger partial charge on any atom is -0.459 e. The van der Waals surface area contributed by atoms with E-state index in [0.29, 0.717) is 17.4 Å². The molecule has 3 nitrogen and oxygen atoms in total. The SMILES string of the molecule is C[C@H](N[C@@H](C)[C@H]1CC1(C)C)C(=O)OC(C)(C)C. The summed E-state index contributed by atoms with van der Waals surface area (Å²) in [5.74, 6) is 0.509. The van der Waals surface area contributed by atoms with Crippen LogP contribution in [0.5, 0.6) is 0 Å². The fraction of sp³-hybridized carbons (Fsp3) is 0.929. The van der Waals surface area contributed by atoms with Crippen LogP contribution >= 0.6 is 0 Å². The van der Waals surface area contributed by atoms with Crippen molar-refractivity contribution in [2.24, 2.45) is 11.3 Å². The van der Waals surface area contributed by atoms with Crippen LogP contribution in [0.4, 0.5) is 0 Å². The average molecular weight is 241 g/mol. The standard InChI is InChI=1S/C14H27NO2/c1-9(11-8-14(11,6)7)15-10(2)12(16)17-13(3,4)5/h9-11,15H,8H2,1-7H3/t9-,10-,11+/m0/s1. The first-order valence-corrected chi connectivity index (χ1v) is 6.52. The highest BCUT2D eigenvalue weighted by Gasteiger charge is 2.48. The molecule has 0 aromatic carbocycles. The Morgan fingerprint density at radius 1 is 1.35 bits per heavy atom. The van der Waals surface area contributed by atoms with Crippen molar-refractivity contribution in [1.82, 2.24) is 5.32 Å². The van der Waals surface area contributed by atoms with Gasteiger partial charge in [-0.05, 0) is 52.4 Å². The summed E-state index contributed by atoms with van der Waals surface area (Å²) in [4.78, 5) is 11.8. The number of rotatable bonds is 4. The van der Waals surface area contributed by atoms with Crippen molar-refractivity contribution in [3.8, 4) is 0 Å². The zero-order valence-electron chi connectivity index (χ0n) is 12.3. The van der Waals surface area contributed by atoms with Gasteiger partial charge in [0.25, 0.3) is 0 Å². The summed E-state index contributed by atoms with van der Waals surface area (Å²) >= 11 is 0. The first-order chi connectivity index (χ1) is 7.53. The predicted molar refractivity (Wildman–Crippen MR) is 69.8 cm³/mol. The lowest BCUT2D eigenvalue weighted by molar-refractivity contribution is -0.157. The van der Waals surface area contributed by atoms with Gasteiger partial charge in [-0.25, -0.2) is 0 Å². The number of hydrogen-bond acceptors (Lipinski definition) is 3. The van der Waals surface area contributed by atoms with E-state index in [1.165, 1.54) is 6.42 Å². The Balaban J connectivity index is 2.39. The van der Waals surface area contributed by atoms with Crippen LogP contribution in [0.1, 0.15) is 54.9 Å². The van der Waals surface area contributed by atoms with Gasteiger partial charge < -0.3 is 10.1 Å². The Labute approximate surface area is 105 Å². The summed E-state index contributed by atoms with van der Waals surface area (Å²) in [5, 5.41) is 3.35. The van der Waals surface area contributed by atoms with Crippen molar-refractivity contribution in [3.05, 3.63) is 0 Å². The molecule has 0 amide bonds. The van der Waals surface area contributed by atoms with Crippen molar-refractivity contribution >= 4 is 5.97 Å². The number of nitrogens with one attached hydrogen (secondary N) is 1. The molecule has 1 N–H and O–H groups in total. The van der Waals surface area contributed by atoms with E-state index in [1.807, 2.05) is 27.7 Å². The zero-order valence-corrected chi connectivity index (χ0v) is 12.3. The molecule has 3 atom stereocenters. The Kier molecular flexibility index (Phi) is 3.92. The van der Waals surface area contributed by atoms with Gasteiger partial charge in [-0.15, -0.1) is 0 Å². The van der Waals surface area contributed by atoms with Gasteiger partial charge in [0.15, 0.2) is 0 Å². The molecule has 1 aliphatic carbocycles. The van der Waals surface area contributed by atoms with E-state index in [9.17, 15) is 4.79 Å². The van der Waals surface area contributed by atoms with Crippen molar-refractivity contribution in [2.45, 2.75) is 72.6 Å². The first kappa shape index (κ1) is 14.5. The van der Waals surface area contributed by atoms with Gasteiger partial charge >= 0.3 is 5.97 Å². The molecule has 3 heteroatoms. The van der Waals surface area contributed by atoms with Gasteiger partial charge in [0.2, 0.25) is 0 Å². The van der Waals surface area contributed by atoms with E-state index in [2.05, 4.69) is 26.1 Å². The van der Waals surface area contributed by atoms with Crippen molar-refractivity contribution in [1.29, 1.82) is 0 Å². The molecule has 0 aromatic rings. The van der Waals surface area contributed by atoms with Crippen LogP contribution in [0.2, 0.25) is 0 Å². The first-order valence-electron chi connectivity index (χ1n) is 6.52. The van der Waals surface area contributed by atoms with E-state index >= 15 is 0 Å². The second-order valence-electron chi connectivity index (χ2n) is 7.01. The molecular formula is C14H27NO2. The zero-order chi connectivity index (χ0) is 13.4. The quantitative estimate of drug-likeness (QED) is 0.769. The van der Waals surface area contributed by atoms with Gasteiger partial charge in [-0.1, -0.05) is 13.8 Å². The molecule has 0 bridgehead atoms. The topological polar surface area (TPSA) is 38.3 Å². The van der Waals surface area contributed by atoms with Crippen molar-refractivity contribution < 1.29 is 9.53 Å². The summed E-state index contributed by atoms with van der Waals surface area (Å²) in [5.41, 5.74) is 0.0230. The molecule has 0 spiro atoms. The monoisotopic (exact) mass is 241 g/mol. The highest BCUT2D eigenvalue weighted by molar-refractivity contribution is 5.75. The Bertz CT molecular complexity index is 291. The lowest BCUT2D eigenvalue weighted by Gasteiger charge is -2.25. The van der Waals surface area contributed by atoms with E-state index in [4.69, 9.17) is 4.74 Å². The van der Waals surface area contributed by atoms with E-state index in [-0.39, 0.29) is 12.0 Å². The van der Waals surface area contributed by atoms with Gasteiger partial charge in [0.1, 0.15) is 11.6 Å². The third kappa shape index (κ3) is 4.30. The van der Waals surface area contributed by atoms with Crippen LogP contribution in [0.25, 0.3) is 0 Å². The number of hydrogen-bond donors (Lipinski definition) is 1. The van der Waals surface area contributed by atoms with E-state index < -0.39 is 5.60 Å². The molecule has 0 radical (unpaired) electrons. The third-order valence-electron chi connectivity index (χ3n) is 3.47. The maximum Gasteiger partial charge on any atom is 0.323 e.